The number of esters is 1. The number of piperidine rings is 1. The Kier molecular flexibility index (Phi) is 4.48. The smallest absolute Gasteiger partial charge is 0.311 e. The average Bonchev–Trinajstić information content (AvgIpc) is 2.45. The highest BCUT2D eigenvalue weighted by molar-refractivity contribution is 5.75. The molecule has 3 nitrogen and oxygen atoms in total. The van der Waals surface area contributed by atoms with E-state index >= 15 is 0 Å². The molecule has 1 aliphatic rings. The van der Waals surface area contributed by atoms with Crippen LogP contribution in [0.15, 0.2) is 30.3 Å². The number of benzene rings is 1. The van der Waals surface area contributed by atoms with Gasteiger partial charge in [-0.3, -0.25) is 4.79 Å². The fraction of sp³-hybridized carbons (Fsp3) is 0.588. The highest BCUT2D eigenvalue weighted by atomic mass is 16.5. The Hall–Kier alpha value is -1.35. The Balaban J connectivity index is 2.14. The minimum Gasteiger partial charge on any atom is -0.464 e. The summed E-state index contributed by atoms with van der Waals surface area (Å²) in [5.41, 5.74) is 0.807. The van der Waals surface area contributed by atoms with Crippen molar-refractivity contribution in [3.8, 4) is 0 Å². The third-order valence-corrected chi connectivity index (χ3v) is 4.04. The zero-order valence-corrected chi connectivity index (χ0v) is 12.7. The summed E-state index contributed by atoms with van der Waals surface area (Å²) >= 11 is 0. The van der Waals surface area contributed by atoms with E-state index in [0.29, 0.717) is 6.61 Å². The third-order valence-electron chi connectivity index (χ3n) is 4.04. The van der Waals surface area contributed by atoms with Crippen molar-refractivity contribution in [3.05, 3.63) is 35.9 Å². The van der Waals surface area contributed by atoms with E-state index in [2.05, 4.69) is 29.6 Å². The van der Waals surface area contributed by atoms with Crippen molar-refractivity contribution in [3.63, 3.8) is 0 Å². The quantitative estimate of drug-likeness (QED) is 0.862. The lowest BCUT2D eigenvalue weighted by Gasteiger charge is -2.38. The lowest BCUT2D eigenvalue weighted by atomic mass is 9.74. The Morgan fingerprint density at radius 1 is 1.20 bits per heavy atom. The molecule has 0 unspecified atom stereocenters. The van der Waals surface area contributed by atoms with Gasteiger partial charge < -0.3 is 10.1 Å². The van der Waals surface area contributed by atoms with E-state index in [-0.39, 0.29) is 11.4 Å². The Bertz CT molecular complexity index is 442. The van der Waals surface area contributed by atoms with E-state index in [9.17, 15) is 4.79 Å². The molecule has 1 aromatic rings. The molecule has 0 atom stereocenters. The van der Waals surface area contributed by atoms with Gasteiger partial charge in [-0.2, -0.15) is 0 Å². The molecule has 0 saturated carbocycles. The molecule has 3 heteroatoms. The predicted octanol–water partition coefficient (Wildman–Crippen LogP) is 2.90. The van der Waals surface area contributed by atoms with E-state index < -0.39 is 5.41 Å². The number of hydrogen-bond donors (Lipinski definition) is 1. The van der Waals surface area contributed by atoms with Crippen molar-refractivity contribution in [1.29, 1.82) is 0 Å². The van der Waals surface area contributed by atoms with Crippen LogP contribution in [0.4, 0.5) is 0 Å². The van der Waals surface area contributed by atoms with E-state index in [1.807, 2.05) is 26.8 Å². The van der Waals surface area contributed by atoms with Gasteiger partial charge in [0.1, 0.15) is 6.61 Å². The third kappa shape index (κ3) is 3.40. The van der Waals surface area contributed by atoms with Crippen LogP contribution < -0.4 is 5.32 Å². The van der Waals surface area contributed by atoms with E-state index in [4.69, 9.17) is 4.74 Å². The zero-order chi connectivity index (χ0) is 14.6. The second kappa shape index (κ2) is 5.96. The van der Waals surface area contributed by atoms with Crippen molar-refractivity contribution in [2.75, 3.05) is 19.7 Å². The first-order chi connectivity index (χ1) is 9.44. The van der Waals surface area contributed by atoms with Crippen LogP contribution in [0.1, 0.15) is 39.2 Å². The summed E-state index contributed by atoms with van der Waals surface area (Å²) in [4.78, 5) is 12.0. The fourth-order valence-electron chi connectivity index (χ4n) is 2.63. The van der Waals surface area contributed by atoms with Crippen LogP contribution in [0.5, 0.6) is 0 Å². The minimum absolute atomic E-state index is 0.0343. The zero-order valence-electron chi connectivity index (χ0n) is 12.7. The van der Waals surface area contributed by atoms with Crippen LogP contribution in [-0.4, -0.2) is 25.7 Å². The van der Waals surface area contributed by atoms with E-state index in [1.165, 1.54) is 5.56 Å². The largest absolute Gasteiger partial charge is 0.464 e. The molecule has 0 spiro atoms. The number of carbonyl (C=O) groups excluding carboxylic acids is 1. The molecule has 1 aromatic carbocycles. The van der Waals surface area contributed by atoms with Crippen LogP contribution in [0.2, 0.25) is 0 Å². The Labute approximate surface area is 121 Å². The molecule has 1 N–H and O–H groups in total. The van der Waals surface area contributed by atoms with Crippen LogP contribution in [0.3, 0.4) is 0 Å². The molecule has 1 heterocycles. The van der Waals surface area contributed by atoms with Gasteiger partial charge in [-0.25, -0.2) is 0 Å². The molecular weight excluding hydrogens is 250 g/mol. The molecule has 0 amide bonds. The maximum absolute atomic E-state index is 12.0. The van der Waals surface area contributed by atoms with E-state index in [0.717, 1.165) is 25.9 Å². The first-order valence-electron chi connectivity index (χ1n) is 7.38. The van der Waals surface area contributed by atoms with Gasteiger partial charge in [0.2, 0.25) is 0 Å². The molecule has 1 fully saturated rings. The van der Waals surface area contributed by atoms with Crippen molar-refractivity contribution in [1.82, 2.24) is 5.32 Å². The summed E-state index contributed by atoms with van der Waals surface area (Å²) in [5.74, 6) is -0.119. The second-order valence-corrected chi connectivity index (χ2v) is 6.72. The van der Waals surface area contributed by atoms with Gasteiger partial charge in [-0.15, -0.1) is 0 Å². The van der Waals surface area contributed by atoms with Crippen LogP contribution in [0, 0.1) is 5.41 Å². The first kappa shape index (κ1) is 15.0. The summed E-state index contributed by atoms with van der Waals surface area (Å²) < 4.78 is 5.64. The number of carbonyl (C=O) groups is 1. The van der Waals surface area contributed by atoms with Crippen molar-refractivity contribution < 1.29 is 9.53 Å². The highest BCUT2D eigenvalue weighted by Crippen LogP contribution is 2.34. The van der Waals surface area contributed by atoms with Gasteiger partial charge in [-0.05, 0) is 52.3 Å². The topological polar surface area (TPSA) is 38.3 Å². The monoisotopic (exact) mass is 275 g/mol. The maximum Gasteiger partial charge on any atom is 0.311 e. The summed E-state index contributed by atoms with van der Waals surface area (Å²) in [7, 11) is 0. The standard InChI is InChI=1S/C17H25NO2/c1-16(2,3)15(19)20-13-17(9-11-18-12-10-17)14-7-5-4-6-8-14/h4-8,18H,9-13H2,1-3H3. The van der Waals surface area contributed by atoms with Crippen molar-refractivity contribution >= 4 is 5.97 Å². The van der Waals surface area contributed by atoms with Gasteiger partial charge in [-0.1, -0.05) is 30.3 Å². The van der Waals surface area contributed by atoms with Crippen LogP contribution in [-0.2, 0) is 14.9 Å². The predicted molar refractivity (Wildman–Crippen MR) is 80.6 cm³/mol. The normalized spacial score (nSPS) is 18.6. The number of hydrogen-bond acceptors (Lipinski definition) is 3. The molecule has 0 aromatic heterocycles. The molecule has 0 aliphatic carbocycles. The molecule has 0 radical (unpaired) electrons. The molecule has 20 heavy (non-hydrogen) atoms. The Morgan fingerprint density at radius 2 is 1.80 bits per heavy atom. The molecular formula is C17H25NO2. The minimum atomic E-state index is -0.440. The SMILES string of the molecule is CC(C)(C)C(=O)OCC1(c2ccccc2)CCNCC1. The molecule has 1 aliphatic heterocycles. The first-order valence-corrected chi connectivity index (χ1v) is 7.38. The van der Waals surface area contributed by atoms with Crippen LogP contribution in [0.25, 0.3) is 0 Å². The number of rotatable bonds is 3. The summed E-state index contributed by atoms with van der Waals surface area (Å²) in [6.45, 7) is 8.12. The highest BCUT2D eigenvalue weighted by Gasteiger charge is 2.36. The van der Waals surface area contributed by atoms with Gasteiger partial charge >= 0.3 is 5.97 Å². The maximum atomic E-state index is 12.0. The molecule has 2 rings (SSSR count). The summed E-state index contributed by atoms with van der Waals surface area (Å²) in [5, 5.41) is 3.39. The number of nitrogens with one attached hydrogen (secondary N) is 1. The van der Waals surface area contributed by atoms with Crippen molar-refractivity contribution in [2.45, 2.75) is 39.0 Å². The van der Waals surface area contributed by atoms with E-state index in [1.54, 1.807) is 0 Å². The molecule has 0 bridgehead atoms. The van der Waals surface area contributed by atoms with Crippen molar-refractivity contribution in [2.24, 2.45) is 5.41 Å². The average molecular weight is 275 g/mol. The summed E-state index contributed by atoms with van der Waals surface area (Å²) in [6.07, 6.45) is 2.02. The van der Waals surface area contributed by atoms with Gasteiger partial charge in [0.15, 0.2) is 0 Å². The fourth-order valence-corrected chi connectivity index (χ4v) is 2.63. The van der Waals surface area contributed by atoms with Gasteiger partial charge in [0.25, 0.3) is 0 Å². The lowest BCUT2D eigenvalue weighted by molar-refractivity contribution is -0.155. The Morgan fingerprint density at radius 3 is 2.35 bits per heavy atom. The summed E-state index contributed by atoms with van der Waals surface area (Å²) in [6, 6.07) is 10.4. The van der Waals surface area contributed by atoms with Gasteiger partial charge in [0, 0.05) is 5.41 Å². The molecule has 110 valence electrons. The van der Waals surface area contributed by atoms with Gasteiger partial charge in [0.05, 0.1) is 5.41 Å². The van der Waals surface area contributed by atoms with Crippen LogP contribution >= 0.6 is 0 Å². The number of ether oxygens (including phenoxy) is 1. The second-order valence-electron chi connectivity index (χ2n) is 6.72. The molecule has 1 saturated heterocycles. The lowest BCUT2D eigenvalue weighted by Crippen LogP contribution is -2.44.